The van der Waals surface area contributed by atoms with E-state index < -0.39 is 0 Å². The Labute approximate surface area is 126 Å². The Morgan fingerprint density at radius 2 is 1.91 bits per heavy atom. The molecule has 120 valence electrons. The van der Waals surface area contributed by atoms with Crippen molar-refractivity contribution >= 4 is 12.9 Å². The first kappa shape index (κ1) is 17.3. The molecule has 1 aliphatic rings. The highest BCUT2D eigenvalue weighted by Crippen LogP contribution is 2.15. The summed E-state index contributed by atoms with van der Waals surface area (Å²) in [5.41, 5.74) is 0.862. The monoisotopic (exact) mass is 310 g/mol. The van der Waals surface area contributed by atoms with Gasteiger partial charge in [-0.05, 0) is 6.92 Å². The van der Waals surface area contributed by atoms with E-state index >= 15 is 0 Å². The van der Waals surface area contributed by atoms with Gasteiger partial charge in [0.15, 0.2) is 0 Å². The lowest BCUT2D eigenvalue weighted by atomic mass is 10.4. The molecule has 0 saturated heterocycles. The fourth-order valence-electron chi connectivity index (χ4n) is 1.94. The lowest BCUT2D eigenvalue weighted by Gasteiger charge is -1.98. The molecule has 0 aromatic carbocycles. The van der Waals surface area contributed by atoms with Crippen LogP contribution in [0.5, 0.6) is 0 Å². The summed E-state index contributed by atoms with van der Waals surface area (Å²) >= 11 is 0. The molecule has 0 radical (unpaired) electrons. The first-order valence-electron chi connectivity index (χ1n) is 6.48. The van der Waals surface area contributed by atoms with E-state index in [9.17, 15) is 0 Å². The van der Waals surface area contributed by atoms with E-state index in [0.717, 1.165) is 43.4 Å². The third kappa shape index (κ3) is 4.98. The van der Waals surface area contributed by atoms with Crippen LogP contribution in [0.15, 0.2) is 6.20 Å². The number of imidazole rings is 1. The number of rotatable bonds is 1. The van der Waals surface area contributed by atoms with Gasteiger partial charge in [0, 0.05) is 32.3 Å². The summed E-state index contributed by atoms with van der Waals surface area (Å²) in [4.78, 5) is 25.6. The molecule has 10 heteroatoms. The molecule has 10 nitrogen and oxygen atoms in total. The number of carbonyl (C=O) groups is 2. The maximum Gasteiger partial charge on any atom is 0.290 e. The molecule has 0 atom stereocenters. The van der Waals surface area contributed by atoms with Gasteiger partial charge in [-0.1, -0.05) is 0 Å². The molecule has 1 aliphatic heterocycles. The third-order valence-corrected chi connectivity index (χ3v) is 2.74. The number of fused-ring (bicyclic) bond motifs is 1. The average Bonchev–Trinajstić information content (AvgIpc) is 3.02. The van der Waals surface area contributed by atoms with E-state index in [1.807, 2.05) is 13.1 Å². The van der Waals surface area contributed by atoms with Crippen molar-refractivity contribution in [2.24, 2.45) is 0 Å². The summed E-state index contributed by atoms with van der Waals surface area (Å²) in [5, 5.41) is 24.1. The molecule has 22 heavy (non-hydrogen) atoms. The van der Waals surface area contributed by atoms with E-state index in [1.165, 1.54) is 0 Å². The van der Waals surface area contributed by atoms with E-state index in [1.54, 1.807) is 0 Å². The van der Waals surface area contributed by atoms with Crippen LogP contribution in [0.2, 0.25) is 0 Å². The van der Waals surface area contributed by atoms with Crippen LogP contribution in [0, 0.1) is 6.92 Å². The molecule has 3 heterocycles. The van der Waals surface area contributed by atoms with Crippen molar-refractivity contribution in [1.29, 1.82) is 0 Å². The number of hydrogen-bond donors (Lipinski definition) is 4. The van der Waals surface area contributed by atoms with Crippen molar-refractivity contribution in [1.82, 2.24) is 30.0 Å². The summed E-state index contributed by atoms with van der Waals surface area (Å²) in [6.07, 6.45) is 2.99. The number of nitrogens with zero attached hydrogens (tertiary/aromatic N) is 4. The van der Waals surface area contributed by atoms with Gasteiger partial charge in [0.25, 0.3) is 12.9 Å². The number of aromatic amines is 1. The summed E-state index contributed by atoms with van der Waals surface area (Å²) < 4.78 is 2.18. The van der Waals surface area contributed by atoms with Crippen LogP contribution >= 0.6 is 0 Å². The minimum absolute atomic E-state index is 0.250. The molecule has 0 saturated carbocycles. The molecule has 0 fully saturated rings. The normalized spacial score (nSPS) is 12.6. The minimum atomic E-state index is -0.250. The van der Waals surface area contributed by atoms with Gasteiger partial charge < -0.3 is 20.1 Å². The van der Waals surface area contributed by atoms with Crippen molar-refractivity contribution in [3.63, 3.8) is 0 Å². The van der Waals surface area contributed by atoms with Crippen LogP contribution in [0.25, 0.3) is 11.5 Å². The highest BCUT2D eigenvalue weighted by Gasteiger charge is 2.14. The third-order valence-electron chi connectivity index (χ3n) is 2.74. The van der Waals surface area contributed by atoms with E-state index in [-0.39, 0.29) is 12.9 Å². The molecule has 0 spiro atoms. The second-order valence-electron chi connectivity index (χ2n) is 4.19. The van der Waals surface area contributed by atoms with E-state index in [4.69, 9.17) is 19.8 Å². The Balaban J connectivity index is 0.000000353. The predicted molar refractivity (Wildman–Crippen MR) is 76.3 cm³/mol. The van der Waals surface area contributed by atoms with Crippen LogP contribution in [-0.4, -0.2) is 61.0 Å². The quantitative estimate of drug-likeness (QED) is 0.517. The lowest BCUT2D eigenvalue weighted by Crippen LogP contribution is -2.17. The van der Waals surface area contributed by atoms with Gasteiger partial charge in [0.2, 0.25) is 5.82 Å². The van der Waals surface area contributed by atoms with Gasteiger partial charge in [0.05, 0.1) is 0 Å². The van der Waals surface area contributed by atoms with Crippen molar-refractivity contribution in [3.8, 4) is 11.5 Å². The van der Waals surface area contributed by atoms with Crippen LogP contribution in [0.4, 0.5) is 0 Å². The molecule has 4 N–H and O–H groups in total. The topological polar surface area (TPSA) is 146 Å². The summed E-state index contributed by atoms with van der Waals surface area (Å²) in [7, 11) is 0. The number of H-pyrrole nitrogens is 1. The zero-order valence-corrected chi connectivity index (χ0v) is 12.1. The summed E-state index contributed by atoms with van der Waals surface area (Å²) in [6, 6.07) is 0. The van der Waals surface area contributed by atoms with Gasteiger partial charge >= 0.3 is 0 Å². The van der Waals surface area contributed by atoms with Crippen molar-refractivity contribution in [3.05, 3.63) is 17.8 Å². The number of aromatic nitrogens is 5. The number of aryl methyl sites for hydroxylation is 1. The average molecular weight is 310 g/mol. The van der Waals surface area contributed by atoms with Crippen molar-refractivity contribution in [2.75, 3.05) is 13.1 Å². The van der Waals surface area contributed by atoms with Crippen molar-refractivity contribution in [2.45, 2.75) is 19.9 Å². The van der Waals surface area contributed by atoms with Gasteiger partial charge in [0.1, 0.15) is 17.3 Å². The first-order chi connectivity index (χ1) is 10.7. The van der Waals surface area contributed by atoms with Gasteiger partial charge in [-0.25, -0.2) is 9.97 Å². The van der Waals surface area contributed by atoms with Gasteiger partial charge in [-0.3, -0.25) is 14.7 Å². The Morgan fingerprint density at radius 3 is 2.50 bits per heavy atom. The second kappa shape index (κ2) is 9.23. The number of nitrogens with one attached hydrogen (secondary N) is 2. The molecule has 2 aromatic rings. The first-order valence-corrected chi connectivity index (χ1v) is 6.48. The Bertz CT molecular complexity index is 565. The molecule has 0 unspecified atom stereocenters. The van der Waals surface area contributed by atoms with E-state index in [2.05, 4.69) is 30.0 Å². The summed E-state index contributed by atoms with van der Waals surface area (Å²) in [5.74, 6) is 2.62. The SMILES string of the molecule is Cc1nc(-c2cn3c(n2)CCNCC3)n[nH]1.O=CO.O=CO. The lowest BCUT2D eigenvalue weighted by molar-refractivity contribution is -0.123. The maximum absolute atomic E-state index is 8.36. The highest BCUT2D eigenvalue weighted by atomic mass is 16.3. The zero-order chi connectivity index (χ0) is 16.4. The highest BCUT2D eigenvalue weighted by molar-refractivity contribution is 5.47. The molecular weight excluding hydrogens is 292 g/mol. The summed E-state index contributed by atoms with van der Waals surface area (Å²) in [6.45, 7) is 4.34. The molecular formula is C12H18N6O4. The molecule has 3 rings (SSSR count). The zero-order valence-electron chi connectivity index (χ0n) is 12.1. The minimum Gasteiger partial charge on any atom is -0.483 e. The number of carboxylic acid groups (broad SMARTS) is 2. The Kier molecular flexibility index (Phi) is 7.26. The van der Waals surface area contributed by atoms with Gasteiger partial charge in [-0.2, -0.15) is 5.10 Å². The molecule has 0 bridgehead atoms. The molecule has 2 aromatic heterocycles. The largest absolute Gasteiger partial charge is 0.483 e. The number of hydrogen-bond acceptors (Lipinski definition) is 6. The Hall–Kier alpha value is -2.75. The van der Waals surface area contributed by atoms with Gasteiger partial charge in [-0.15, -0.1) is 0 Å². The molecule has 0 amide bonds. The Morgan fingerprint density at radius 1 is 1.23 bits per heavy atom. The van der Waals surface area contributed by atoms with Crippen LogP contribution in [0.1, 0.15) is 11.6 Å². The molecule has 0 aliphatic carbocycles. The smallest absolute Gasteiger partial charge is 0.290 e. The van der Waals surface area contributed by atoms with Crippen molar-refractivity contribution < 1.29 is 19.8 Å². The van der Waals surface area contributed by atoms with Crippen LogP contribution in [-0.2, 0) is 22.6 Å². The second-order valence-corrected chi connectivity index (χ2v) is 4.19. The predicted octanol–water partition coefficient (Wildman–Crippen LogP) is -0.476. The van der Waals surface area contributed by atoms with Crippen LogP contribution in [0.3, 0.4) is 0 Å². The van der Waals surface area contributed by atoms with Crippen LogP contribution < -0.4 is 5.32 Å². The van der Waals surface area contributed by atoms with E-state index in [0.29, 0.717) is 5.82 Å². The fraction of sp³-hybridized carbons (Fsp3) is 0.417. The standard InChI is InChI=1S/C10H14N6.2CH2O2/c1-7-12-10(15-14-7)8-6-16-5-4-11-3-2-9(16)13-8;2*2-1-3/h6,11H,2-5H2,1H3,(H,12,14,15);2*1H,(H,2,3). The fourth-order valence-corrected chi connectivity index (χ4v) is 1.94. The maximum atomic E-state index is 8.36.